The number of rotatable bonds is 5. The van der Waals surface area contributed by atoms with E-state index >= 15 is 0 Å². The Morgan fingerprint density at radius 3 is 2.25 bits per heavy atom. The van der Waals surface area contributed by atoms with Crippen molar-refractivity contribution in [3.63, 3.8) is 0 Å². The number of amides is 1. The van der Waals surface area contributed by atoms with Crippen molar-refractivity contribution in [3.05, 3.63) is 58.4 Å². The molecule has 2 N–H and O–H groups in total. The smallest absolute Gasteiger partial charge is 0.255 e. The van der Waals surface area contributed by atoms with Crippen LogP contribution in [-0.2, 0) is 9.84 Å². The fourth-order valence-electron chi connectivity index (χ4n) is 4.95. The highest BCUT2D eigenvalue weighted by Crippen LogP contribution is 2.48. The third-order valence-corrected chi connectivity index (χ3v) is 8.72. The molecule has 1 amide bonds. The molecule has 10 heteroatoms. The lowest BCUT2D eigenvalue weighted by atomic mass is 9.78. The van der Waals surface area contributed by atoms with Crippen LogP contribution in [-0.4, -0.2) is 31.3 Å². The first-order valence-electron chi connectivity index (χ1n) is 10.2. The van der Waals surface area contributed by atoms with E-state index < -0.39 is 39.3 Å². The molecule has 0 heterocycles. The monoisotopic (exact) mass is 487 g/mol. The third-order valence-electron chi connectivity index (χ3n) is 6.45. The average molecular weight is 488 g/mol. The van der Waals surface area contributed by atoms with Gasteiger partial charge in [-0.25, -0.2) is 21.6 Å². The maximum atomic E-state index is 13.4. The Balaban J connectivity index is 1.56. The summed E-state index contributed by atoms with van der Waals surface area (Å²) in [5.41, 5.74) is -0.400. The van der Waals surface area contributed by atoms with Crippen LogP contribution in [0.3, 0.4) is 0 Å². The third kappa shape index (κ3) is 4.51. The number of hydrogen-bond acceptors (Lipinski definition) is 4. The number of fused-ring (bicyclic) bond motifs is 2. The molecule has 4 rings (SSSR count). The number of anilines is 1. The number of carbonyl (C=O) groups is 1. The van der Waals surface area contributed by atoms with E-state index in [1.165, 1.54) is 12.1 Å². The molecule has 3 unspecified atom stereocenters. The van der Waals surface area contributed by atoms with E-state index in [-0.39, 0.29) is 44.7 Å². The zero-order valence-electron chi connectivity index (χ0n) is 16.8. The van der Waals surface area contributed by atoms with Crippen LogP contribution in [0.5, 0.6) is 0 Å². The van der Waals surface area contributed by atoms with Gasteiger partial charge in [-0.15, -0.1) is 0 Å². The number of carbonyl (C=O) groups excluding carboxylic acids is 1. The molecule has 2 bridgehead atoms. The van der Waals surface area contributed by atoms with E-state index in [4.69, 9.17) is 11.6 Å². The number of nitrogens with one attached hydrogen (secondary N) is 1. The second kappa shape index (κ2) is 8.68. The zero-order valence-corrected chi connectivity index (χ0v) is 18.4. The minimum Gasteiger partial charge on any atom is -0.393 e. The van der Waals surface area contributed by atoms with E-state index in [0.29, 0.717) is 25.0 Å². The summed E-state index contributed by atoms with van der Waals surface area (Å²) < 4.78 is 66.2. The predicted octanol–water partition coefficient (Wildman–Crippen LogP) is 4.58. The normalized spacial score (nSPS) is 25.0. The summed E-state index contributed by atoms with van der Waals surface area (Å²) in [5.74, 6) is -5.37. The number of aliphatic hydroxyl groups excluding tert-OH is 1. The number of hydrogen-bond donors (Lipinski definition) is 2. The Hall–Kier alpha value is -2.10. The van der Waals surface area contributed by atoms with Gasteiger partial charge >= 0.3 is 0 Å². The van der Waals surface area contributed by atoms with Crippen LogP contribution in [0.4, 0.5) is 18.9 Å². The number of halogens is 4. The Morgan fingerprint density at radius 2 is 1.66 bits per heavy atom. The van der Waals surface area contributed by atoms with Crippen molar-refractivity contribution in [2.24, 2.45) is 17.8 Å². The molecule has 4 atom stereocenters. The summed E-state index contributed by atoms with van der Waals surface area (Å²) in [6.07, 6.45) is 2.52. The Bertz CT molecular complexity index is 1140. The van der Waals surface area contributed by atoms with E-state index in [2.05, 4.69) is 5.32 Å². The fraction of sp³-hybridized carbons (Fsp3) is 0.409. The molecule has 2 aliphatic carbocycles. The van der Waals surface area contributed by atoms with Crippen LogP contribution < -0.4 is 5.32 Å². The second-order valence-electron chi connectivity index (χ2n) is 8.52. The molecule has 0 spiro atoms. The summed E-state index contributed by atoms with van der Waals surface area (Å²) in [4.78, 5) is 12.3. The Morgan fingerprint density at radius 1 is 1.06 bits per heavy atom. The van der Waals surface area contributed by atoms with Crippen molar-refractivity contribution < 1.29 is 31.5 Å². The summed E-state index contributed by atoms with van der Waals surface area (Å²) in [6.45, 7) is 0. The van der Waals surface area contributed by atoms with Gasteiger partial charge in [-0.2, -0.15) is 0 Å². The molecular formula is C22H21ClF3NO4S. The highest BCUT2D eigenvalue weighted by Gasteiger charge is 2.44. The van der Waals surface area contributed by atoms with E-state index in [1.54, 1.807) is 0 Å². The lowest BCUT2D eigenvalue weighted by Crippen LogP contribution is -2.33. The van der Waals surface area contributed by atoms with Crippen LogP contribution in [0.2, 0.25) is 5.02 Å². The molecule has 0 saturated heterocycles. The van der Waals surface area contributed by atoms with E-state index in [0.717, 1.165) is 18.9 Å². The molecule has 32 heavy (non-hydrogen) atoms. The highest BCUT2D eigenvalue weighted by atomic mass is 35.5. The standard InChI is InChI=1S/C22H21ClF3NO4S/c23-17-4-3-13(22(29)27-14-8-18(24)21(26)19(25)9-14)7-20(17)32(30,31)10-16-11-1-2-12(16)6-15(28)5-11/h3-4,7-9,11-12,15-16,28H,1-2,5-6,10H2,(H,27,29)/t11-,12?,15?,16?/m0/s1. The van der Waals surface area contributed by atoms with Crippen molar-refractivity contribution >= 4 is 33.0 Å². The number of benzene rings is 2. The molecule has 2 aromatic carbocycles. The van der Waals surface area contributed by atoms with Gasteiger partial charge in [-0.3, -0.25) is 4.79 Å². The van der Waals surface area contributed by atoms with Crippen molar-refractivity contribution in [1.82, 2.24) is 0 Å². The van der Waals surface area contributed by atoms with Gasteiger partial charge in [0.15, 0.2) is 27.3 Å². The molecule has 172 valence electrons. The van der Waals surface area contributed by atoms with Crippen molar-refractivity contribution in [2.75, 3.05) is 11.1 Å². The highest BCUT2D eigenvalue weighted by molar-refractivity contribution is 7.91. The quantitative estimate of drug-likeness (QED) is 0.605. The summed E-state index contributed by atoms with van der Waals surface area (Å²) in [5, 5.41) is 12.1. The van der Waals surface area contributed by atoms with Gasteiger partial charge in [0.1, 0.15) is 0 Å². The van der Waals surface area contributed by atoms with Gasteiger partial charge in [-0.1, -0.05) is 11.6 Å². The van der Waals surface area contributed by atoms with Crippen molar-refractivity contribution in [1.29, 1.82) is 0 Å². The molecule has 0 aliphatic heterocycles. The lowest BCUT2D eigenvalue weighted by Gasteiger charge is -2.32. The van der Waals surface area contributed by atoms with Gasteiger partial charge in [0.2, 0.25) is 0 Å². The topological polar surface area (TPSA) is 83.5 Å². The summed E-state index contributed by atoms with van der Waals surface area (Å²) in [6, 6.07) is 4.93. The number of sulfone groups is 1. The molecule has 0 radical (unpaired) electrons. The summed E-state index contributed by atoms with van der Waals surface area (Å²) in [7, 11) is -3.84. The van der Waals surface area contributed by atoms with Crippen LogP contribution >= 0.6 is 11.6 Å². The summed E-state index contributed by atoms with van der Waals surface area (Å²) >= 11 is 6.14. The van der Waals surface area contributed by atoms with Crippen molar-refractivity contribution in [3.8, 4) is 0 Å². The van der Waals surface area contributed by atoms with Gasteiger partial charge < -0.3 is 10.4 Å². The first-order chi connectivity index (χ1) is 15.0. The van der Waals surface area contributed by atoms with Gasteiger partial charge in [0.25, 0.3) is 5.91 Å². The fourth-order valence-corrected chi connectivity index (χ4v) is 7.32. The van der Waals surface area contributed by atoms with Crippen molar-refractivity contribution in [2.45, 2.75) is 36.7 Å². The first kappa shape index (κ1) is 23.1. The minimum absolute atomic E-state index is 0.0383. The number of aliphatic hydroxyl groups is 1. The van der Waals surface area contributed by atoms with Gasteiger partial charge in [-0.05, 0) is 61.6 Å². The largest absolute Gasteiger partial charge is 0.393 e. The molecule has 5 nitrogen and oxygen atoms in total. The van der Waals surface area contributed by atoms with E-state index in [1.807, 2.05) is 0 Å². The molecule has 0 aromatic heterocycles. The zero-order chi connectivity index (χ0) is 23.2. The lowest BCUT2D eigenvalue weighted by molar-refractivity contribution is 0.0683. The maximum Gasteiger partial charge on any atom is 0.255 e. The second-order valence-corrected chi connectivity index (χ2v) is 10.9. The molecule has 2 saturated carbocycles. The molecule has 2 fully saturated rings. The average Bonchev–Trinajstić information content (AvgIpc) is 2.94. The van der Waals surface area contributed by atoms with Gasteiger partial charge in [0.05, 0.1) is 21.8 Å². The molecule has 2 aromatic rings. The van der Waals surface area contributed by atoms with Crippen LogP contribution in [0.15, 0.2) is 35.2 Å². The first-order valence-corrected chi connectivity index (χ1v) is 12.2. The predicted molar refractivity (Wildman–Crippen MR) is 113 cm³/mol. The van der Waals surface area contributed by atoms with E-state index in [9.17, 15) is 31.5 Å². The SMILES string of the molecule is O=C(Nc1cc(F)c(F)c(F)c1)c1ccc(Cl)c(S(=O)(=O)CC2C3CC[C@H]2CC(O)C3)c1. The minimum atomic E-state index is -3.84. The van der Waals surface area contributed by atoms with Crippen LogP contribution in [0, 0.1) is 35.2 Å². The molecule has 2 aliphatic rings. The van der Waals surface area contributed by atoms with Crippen LogP contribution in [0.25, 0.3) is 0 Å². The maximum absolute atomic E-state index is 13.4. The Labute approximate surface area is 188 Å². The van der Waals surface area contributed by atoms with Gasteiger partial charge in [0, 0.05) is 23.4 Å². The van der Waals surface area contributed by atoms with Crippen LogP contribution in [0.1, 0.15) is 36.0 Å². The Kier molecular flexibility index (Phi) is 6.26. The molecular weight excluding hydrogens is 467 g/mol.